The Balaban J connectivity index is 0.000000815. The van der Waals surface area contributed by atoms with Crippen molar-refractivity contribution in [3.63, 3.8) is 0 Å². The summed E-state index contributed by atoms with van der Waals surface area (Å²) in [5.41, 5.74) is 4.99. The van der Waals surface area contributed by atoms with Crippen LogP contribution in [0.2, 0.25) is 0 Å². The Morgan fingerprint density at radius 1 is 1.21 bits per heavy atom. The number of carboxylic acid groups (broad SMARTS) is 1. The van der Waals surface area contributed by atoms with Gasteiger partial charge < -0.3 is 5.11 Å². The minimum atomic E-state index is -0.813. The van der Waals surface area contributed by atoms with Crippen molar-refractivity contribution in [1.29, 1.82) is 0 Å². The van der Waals surface area contributed by atoms with Crippen LogP contribution in [0.3, 0.4) is 0 Å². The van der Waals surface area contributed by atoms with Crippen LogP contribution in [0.4, 0.5) is 0 Å². The Morgan fingerprint density at radius 2 is 1.96 bits per heavy atom. The van der Waals surface area contributed by atoms with Crippen LogP contribution in [0, 0.1) is 17.3 Å². The molecule has 1 aromatic carbocycles. The molecule has 0 radical (unpaired) electrons. The van der Waals surface area contributed by atoms with Gasteiger partial charge in [-0.1, -0.05) is 39.0 Å². The van der Waals surface area contributed by atoms with Gasteiger partial charge in [0.05, 0.1) is 5.56 Å². The van der Waals surface area contributed by atoms with E-state index >= 15 is 0 Å². The van der Waals surface area contributed by atoms with Crippen molar-refractivity contribution in [3.05, 3.63) is 47.0 Å². The van der Waals surface area contributed by atoms with Gasteiger partial charge in [-0.2, -0.15) is 0 Å². The fraction of sp³-hybridized carbons (Fsp3) is 0.591. The Labute approximate surface area is 146 Å². The van der Waals surface area contributed by atoms with E-state index in [-0.39, 0.29) is 0 Å². The third-order valence-corrected chi connectivity index (χ3v) is 6.89. The monoisotopic (exact) mass is 326 g/mol. The van der Waals surface area contributed by atoms with Gasteiger partial charge in [-0.15, -0.1) is 0 Å². The van der Waals surface area contributed by atoms with E-state index in [2.05, 4.69) is 19.6 Å². The van der Waals surface area contributed by atoms with Gasteiger partial charge in [0.1, 0.15) is 0 Å². The summed E-state index contributed by atoms with van der Waals surface area (Å²) in [6.07, 6.45) is 7.24. The number of allylic oxidation sites excluding steroid dienone is 1. The van der Waals surface area contributed by atoms with Gasteiger partial charge in [-0.05, 0) is 85.0 Å². The quantitative estimate of drug-likeness (QED) is 0.660. The van der Waals surface area contributed by atoms with Gasteiger partial charge in [-0.3, -0.25) is 0 Å². The Hall–Kier alpha value is -1.57. The van der Waals surface area contributed by atoms with E-state index in [0.717, 1.165) is 18.3 Å². The SMILES string of the molecule is C=C1CC[C@@H]2C1CC[C@@H]1c3ccc(C(=O)O)cc3CCC12C.CC. The molecule has 3 aliphatic carbocycles. The summed E-state index contributed by atoms with van der Waals surface area (Å²) in [7, 11) is 0. The van der Waals surface area contributed by atoms with Crippen LogP contribution in [0.15, 0.2) is 30.4 Å². The van der Waals surface area contributed by atoms with Crippen LogP contribution in [-0.2, 0) is 6.42 Å². The van der Waals surface area contributed by atoms with E-state index < -0.39 is 5.97 Å². The Kier molecular flexibility index (Phi) is 4.59. The highest BCUT2D eigenvalue weighted by Crippen LogP contribution is 2.63. The number of hydrogen-bond acceptors (Lipinski definition) is 1. The summed E-state index contributed by atoms with van der Waals surface area (Å²) >= 11 is 0. The largest absolute Gasteiger partial charge is 0.478 e. The molecule has 0 heterocycles. The van der Waals surface area contributed by atoms with Crippen LogP contribution >= 0.6 is 0 Å². The highest BCUT2D eigenvalue weighted by molar-refractivity contribution is 5.88. The van der Waals surface area contributed by atoms with Crippen LogP contribution < -0.4 is 0 Å². The average molecular weight is 326 g/mol. The van der Waals surface area contributed by atoms with Crippen molar-refractivity contribution < 1.29 is 9.90 Å². The van der Waals surface area contributed by atoms with Gasteiger partial charge in [0.25, 0.3) is 0 Å². The summed E-state index contributed by atoms with van der Waals surface area (Å²) in [5, 5.41) is 9.21. The van der Waals surface area contributed by atoms with E-state index in [1.54, 1.807) is 6.07 Å². The maximum Gasteiger partial charge on any atom is 0.335 e. The summed E-state index contributed by atoms with van der Waals surface area (Å²) in [6, 6.07) is 5.81. The molecule has 4 atom stereocenters. The van der Waals surface area contributed by atoms with Gasteiger partial charge in [0.15, 0.2) is 0 Å². The molecule has 0 amide bonds. The number of aromatic carboxylic acids is 1. The molecule has 3 aliphatic rings. The molecular formula is C22H30O2. The molecule has 0 aromatic heterocycles. The third-order valence-electron chi connectivity index (χ3n) is 6.89. The minimum Gasteiger partial charge on any atom is -0.478 e. The lowest BCUT2D eigenvalue weighted by atomic mass is 9.52. The molecular weight excluding hydrogens is 296 g/mol. The van der Waals surface area contributed by atoms with E-state index in [4.69, 9.17) is 0 Å². The maximum absolute atomic E-state index is 11.2. The molecule has 2 saturated carbocycles. The van der Waals surface area contributed by atoms with E-state index in [9.17, 15) is 9.90 Å². The summed E-state index contributed by atoms with van der Waals surface area (Å²) in [5.74, 6) is 1.31. The normalized spacial score (nSPS) is 33.6. The van der Waals surface area contributed by atoms with E-state index in [1.807, 2.05) is 19.9 Å². The number of carbonyl (C=O) groups is 1. The Bertz CT molecular complexity index is 660. The number of carboxylic acids is 1. The fourth-order valence-corrected chi connectivity index (χ4v) is 5.71. The second-order valence-electron chi connectivity index (χ2n) is 7.76. The molecule has 0 aliphatic heterocycles. The number of benzene rings is 1. The van der Waals surface area contributed by atoms with Gasteiger partial charge in [-0.25, -0.2) is 4.79 Å². The Morgan fingerprint density at radius 3 is 2.67 bits per heavy atom. The van der Waals surface area contributed by atoms with E-state index in [0.29, 0.717) is 16.9 Å². The first-order valence-electron chi connectivity index (χ1n) is 9.54. The molecule has 2 unspecified atom stereocenters. The summed E-state index contributed by atoms with van der Waals surface area (Å²) in [6.45, 7) is 10.8. The molecule has 2 nitrogen and oxygen atoms in total. The zero-order chi connectivity index (χ0) is 17.5. The zero-order valence-electron chi connectivity index (χ0n) is 15.3. The smallest absolute Gasteiger partial charge is 0.335 e. The maximum atomic E-state index is 11.2. The summed E-state index contributed by atoms with van der Waals surface area (Å²) in [4.78, 5) is 11.2. The van der Waals surface area contributed by atoms with Crippen molar-refractivity contribution in [2.24, 2.45) is 17.3 Å². The first kappa shape index (κ1) is 17.3. The first-order chi connectivity index (χ1) is 11.5. The van der Waals surface area contributed by atoms with Crippen LogP contribution in [-0.4, -0.2) is 11.1 Å². The van der Waals surface area contributed by atoms with Crippen LogP contribution in [0.25, 0.3) is 0 Å². The topological polar surface area (TPSA) is 37.3 Å². The fourth-order valence-electron chi connectivity index (χ4n) is 5.71. The van der Waals surface area contributed by atoms with Gasteiger partial charge >= 0.3 is 5.97 Å². The predicted octanol–water partition coefficient (Wildman–Crippen LogP) is 5.82. The van der Waals surface area contributed by atoms with Crippen molar-refractivity contribution in [3.8, 4) is 0 Å². The predicted molar refractivity (Wildman–Crippen MR) is 98.5 cm³/mol. The van der Waals surface area contributed by atoms with Crippen LogP contribution in [0.5, 0.6) is 0 Å². The minimum absolute atomic E-state index is 0.375. The number of hydrogen-bond donors (Lipinski definition) is 1. The highest BCUT2D eigenvalue weighted by atomic mass is 16.4. The summed E-state index contributed by atoms with van der Waals surface area (Å²) < 4.78 is 0. The first-order valence-corrected chi connectivity index (χ1v) is 9.54. The van der Waals surface area contributed by atoms with Crippen molar-refractivity contribution in [1.82, 2.24) is 0 Å². The number of aryl methyl sites for hydroxylation is 1. The molecule has 2 heteroatoms. The lowest BCUT2D eigenvalue weighted by Crippen LogP contribution is -2.43. The second-order valence-corrected chi connectivity index (χ2v) is 7.76. The molecule has 2 fully saturated rings. The van der Waals surface area contributed by atoms with Crippen LogP contribution in [0.1, 0.15) is 80.3 Å². The molecule has 1 N–H and O–H groups in total. The molecule has 24 heavy (non-hydrogen) atoms. The lowest BCUT2D eigenvalue weighted by molar-refractivity contribution is 0.0441. The second kappa shape index (κ2) is 6.38. The standard InChI is InChI=1S/C20H24O2.C2H6/c1-12-3-7-17-15(12)6-8-18-16-5-4-14(19(21)22)11-13(16)9-10-20(17,18)2;1-2/h4-5,11,15,17-18H,1,3,6-10H2,2H3,(H,21,22);1-2H3/t15?,17-,18-,20?;/m1./s1. The third kappa shape index (κ3) is 2.51. The average Bonchev–Trinajstić information content (AvgIpc) is 2.98. The highest BCUT2D eigenvalue weighted by Gasteiger charge is 2.52. The number of fused-ring (bicyclic) bond motifs is 5. The molecule has 0 saturated heterocycles. The van der Waals surface area contributed by atoms with Crippen molar-refractivity contribution >= 4 is 5.97 Å². The van der Waals surface area contributed by atoms with Gasteiger partial charge in [0, 0.05) is 0 Å². The molecule has 4 rings (SSSR count). The molecule has 0 bridgehead atoms. The van der Waals surface area contributed by atoms with E-state index in [1.165, 1.54) is 48.8 Å². The lowest BCUT2D eigenvalue weighted by Gasteiger charge is -2.52. The van der Waals surface area contributed by atoms with Crippen molar-refractivity contribution in [2.45, 2.75) is 65.2 Å². The number of rotatable bonds is 1. The molecule has 0 spiro atoms. The van der Waals surface area contributed by atoms with Crippen molar-refractivity contribution in [2.75, 3.05) is 0 Å². The van der Waals surface area contributed by atoms with Gasteiger partial charge in [0.2, 0.25) is 0 Å². The zero-order valence-corrected chi connectivity index (χ0v) is 15.3. The molecule has 130 valence electrons. The molecule has 1 aromatic rings.